The fourth-order valence-corrected chi connectivity index (χ4v) is 3.82. The van der Waals surface area contributed by atoms with Gasteiger partial charge in [0.25, 0.3) is 0 Å². The zero-order chi connectivity index (χ0) is 18.3. The number of sulfonamides is 1. The number of aryl methyl sites for hydroxylation is 1. The lowest BCUT2D eigenvalue weighted by molar-refractivity contribution is 0.588. The average molecular weight is 381 g/mol. The molecule has 1 aromatic carbocycles. The largest absolute Gasteiger partial charge is 0.357 e. The predicted octanol–water partition coefficient (Wildman–Crippen LogP) is 2.22. The van der Waals surface area contributed by atoms with Crippen molar-refractivity contribution in [2.45, 2.75) is 31.8 Å². The van der Waals surface area contributed by atoms with Gasteiger partial charge in [-0.3, -0.25) is 0 Å². The molecule has 0 saturated heterocycles. The zero-order valence-corrected chi connectivity index (χ0v) is 16.3. The van der Waals surface area contributed by atoms with E-state index in [4.69, 9.17) is 0 Å². The Labute approximate surface area is 153 Å². The van der Waals surface area contributed by atoms with Crippen LogP contribution in [0.5, 0.6) is 0 Å². The highest BCUT2D eigenvalue weighted by Crippen LogP contribution is 2.14. The number of hydrogen-bond acceptors (Lipinski definition) is 4. The molecule has 0 aliphatic rings. The molecule has 0 unspecified atom stereocenters. The highest BCUT2D eigenvalue weighted by molar-refractivity contribution is 7.89. The topological polar surface area (TPSA) is 82.6 Å². The van der Waals surface area contributed by atoms with Crippen LogP contribution in [0, 0.1) is 6.92 Å². The van der Waals surface area contributed by atoms with Crippen LogP contribution >= 0.6 is 11.3 Å². The molecule has 2 aromatic rings. The quantitative estimate of drug-likeness (QED) is 0.508. The van der Waals surface area contributed by atoms with Crippen molar-refractivity contribution in [3.63, 3.8) is 0 Å². The van der Waals surface area contributed by atoms with Gasteiger partial charge in [0.05, 0.1) is 18.0 Å². The number of aliphatic imine (C=N–C) groups is 1. The Hall–Kier alpha value is -1.90. The lowest BCUT2D eigenvalue weighted by atomic mass is 10.2. The Balaban J connectivity index is 2.06. The second kappa shape index (κ2) is 8.98. The summed E-state index contributed by atoms with van der Waals surface area (Å²) >= 11 is 1.75. The second-order valence-corrected chi connectivity index (χ2v) is 8.68. The Bertz CT molecular complexity index is 829. The first-order valence-corrected chi connectivity index (χ1v) is 10.3. The van der Waals surface area contributed by atoms with Crippen LogP contribution in [0.1, 0.15) is 22.2 Å². The lowest BCUT2D eigenvalue weighted by Gasteiger charge is -2.11. The zero-order valence-electron chi connectivity index (χ0n) is 14.7. The molecule has 0 spiro atoms. The van der Waals surface area contributed by atoms with E-state index < -0.39 is 10.0 Å². The van der Waals surface area contributed by atoms with Crippen LogP contribution in [0.4, 0.5) is 0 Å². The summed E-state index contributed by atoms with van der Waals surface area (Å²) in [6.07, 6.45) is 0. The van der Waals surface area contributed by atoms with Crippen LogP contribution < -0.4 is 15.4 Å². The van der Waals surface area contributed by atoms with E-state index in [1.165, 1.54) is 16.8 Å². The summed E-state index contributed by atoms with van der Waals surface area (Å²) in [6.45, 7) is 5.94. The molecule has 3 N–H and O–H groups in total. The van der Waals surface area contributed by atoms with Crippen molar-refractivity contribution in [3.05, 3.63) is 51.7 Å². The van der Waals surface area contributed by atoms with E-state index in [0.29, 0.717) is 19.0 Å². The molecule has 1 aromatic heterocycles. The molecule has 2 rings (SSSR count). The number of thiophene rings is 1. The maximum absolute atomic E-state index is 11.9. The molecule has 0 atom stereocenters. The Morgan fingerprint density at radius 3 is 2.64 bits per heavy atom. The Kier molecular flexibility index (Phi) is 6.98. The third-order valence-electron chi connectivity index (χ3n) is 3.47. The molecule has 1 heterocycles. The fourth-order valence-electron chi connectivity index (χ4n) is 2.19. The van der Waals surface area contributed by atoms with Crippen molar-refractivity contribution in [2.24, 2.45) is 4.99 Å². The number of nitrogens with one attached hydrogen (secondary N) is 3. The van der Waals surface area contributed by atoms with Crippen LogP contribution in [0.15, 0.2) is 46.3 Å². The van der Waals surface area contributed by atoms with Gasteiger partial charge in [-0.15, -0.1) is 11.3 Å². The summed E-state index contributed by atoms with van der Waals surface area (Å²) in [5.41, 5.74) is 0.834. The smallest absolute Gasteiger partial charge is 0.240 e. The highest BCUT2D eigenvalue weighted by Gasteiger charge is 2.11. The van der Waals surface area contributed by atoms with E-state index in [-0.39, 0.29) is 4.90 Å². The van der Waals surface area contributed by atoms with E-state index in [1.54, 1.807) is 29.5 Å². The monoisotopic (exact) mass is 380 g/mol. The summed E-state index contributed by atoms with van der Waals surface area (Å²) in [7, 11) is -2.04. The van der Waals surface area contributed by atoms with E-state index in [9.17, 15) is 8.42 Å². The summed E-state index contributed by atoms with van der Waals surface area (Å²) < 4.78 is 26.1. The van der Waals surface area contributed by atoms with Gasteiger partial charge in [0, 0.05) is 16.3 Å². The molecule has 0 aliphatic heterocycles. The van der Waals surface area contributed by atoms with Crippen LogP contribution in [0.2, 0.25) is 0 Å². The van der Waals surface area contributed by atoms with E-state index >= 15 is 0 Å². The van der Waals surface area contributed by atoms with Crippen molar-refractivity contribution >= 4 is 27.3 Å². The summed E-state index contributed by atoms with van der Waals surface area (Å²) in [4.78, 5) is 7.30. The highest BCUT2D eigenvalue weighted by atomic mass is 32.2. The molecule has 136 valence electrons. The molecule has 0 aliphatic carbocycles. The average Bonchev–Trinajstić information content (AvgIpc) is 3.03. The molecule has 0 fully saturated rings. The third-order valence-corrected chi connectivity index (χ3v) is 5.88. The van der Waals surface area contributed by atoms with Crippen molar-refractivity contribution in [3.8, 4) is 0 Å². The lowest BCUT2D eigenvalue weighted by Crippen LogP contribution is -2.36. The third kappa shape index (κ3) is 5.84. The Morgan fingerprint density at radius 1 is 1.20 bits per heavy atom. The summed E-state index contributed by atoms with van der Waals surface area (Å²) in [5, 5.41) is 6.49. The first kappa shape index (κ1) is 19.4. The molecule has 0 amide bonds. The maximum Gasteiger partial charge on any atom is 0.240 e. The first-order chi connectivity index (χ1) is 11.9. The van der Waals surface area contributed by atoms with Crippen LogP contribution in [-0.4, -0.2) is 28.0 Å². The van der Waals surface area contributed by atoms with Gasteiger partial charge in [0.15, 0.2) is 5.96 Å². The van der Waals surface area contributed by atoms with E-state index in [2.05, 4.69) is 39.4 Å². The predicted molar refractivity (Wildman–Crippen MR) is 103 cm³/mol. The van der Waals surface area contributed by atoms with Gasteiger partial charge in [-0.25, -0.2) is 18.1 Å². The Morgan fingerprint density at radius 2 is 2.00 bits per heavy atom. The molecule has 0 saturated carbocycles. The number of hydrogen-bond donors (Lipinski definition) is 3. The number of nitrogens with zero attached hydrogens (tertiary/aromatic N) is 1. The van der Waals surface area contributed by atoms with Crippen LogP contribution in [0.3, 0.4) is 0 Å². The minimum atomic E-state index is -3.44. The molecule has 0 radical (unpaired) electrons. The molecule has 0 bridgehead atoms. The maximum atomic E-state index is 11.9. The van der Waals surface area contributed by atoms with Crippen molar-refractivity contribution in [2.75, 3.05) is 13.6 Å². The van der Waals surface area contributed by atoms with Crippen LogP contribution in [-0.2, 0) is 23.1 Å². The number of rotatable bonds is 7. The van der Waals surface area contributed by atoms with Gasteiger partial charge in [0.2, 0.25) is 10.0 Å². The summed E-state index contributed by atoms with van der Waals surface area (Å²) in [6, 6.07) is 11.0. The van der Waals surface area contributed by atoms with Crippen molar-refractivity contribution < 1.29 is 8.42 Å². The number of guanidine groups is 1. The molecule has 6 nitrogen and oxygen atoms in total. The van der Waals surface area contributed by atoms with Gasteiger partial charge in [-0.2, -0.15) is 0 Å². The molecule has 8 heteroatoms. The minimum absolute atomic E-state index is 0.245. The normalized spacial score (nSPS) is 12.2. The summed E-state index contributed by atoms with van der Waals surface area (Å²) in [5.74, 6) is 0.704. The molecular weight excluding hydrogens is 356 g/mol. The van der Waals surface area contributed by atoms with Gasteiger partial charge in [-0.1, -0.05) is 12.1 Å². The molecular formula is C17H24N4O2S2. The standard InChI is InChI=1S/C17H24N4O2S2/c1-4-19-17(21-12-15-9-8-13(2)24-15)20-11-14-6-5-7-16(10-14)25(22,23)18-3/h5-10,18H,4,11-12H2,1-3H3,(H2,19,20,21). The van der Waals surface area contributed by atoms with Gasteiger partial charge in [0.1, 0.15) is 0 Å². The van der Waals surface area contributed by atoms with Crippen molar-refractivity contribution in [1.82, 2.24) is 15.4 Å². The number of benzene rings is 1. The van der Waals surface area contributed by atoms with Gasteiger partial charge in [-0.05, 0) is 50.7 Å². The SMILES string of the molecule is CCNC(=NCc1cccc(S(=O)(=O)NC)c1)NCc1ccc(C)s1. The molecule has 25 heavy (non-hydrogen) atoms. The van der Waals surface area contributed by atoms with Crippen molar-refractivity contribution in [1.29, 1.82) is 0 Å². The first-order valence-electron chi connectivity index (χ1n) is 8.04. The second-order valence-electron chi connectivity index (χ2n) is 5.42. The minimum Gasteiger partial charge on any atom is -0.357 e. The van der Waals surface area contributed by atoms with Gasteiger partial charge < -0.3 is 10.6 Å². The van der Waals surface area contributed by atoms with E-state index in [0.717, 1.165) is 12.1 Å². The fraction of sp³-hybridized carbons (Fsp3) is 0.353. The van der Waals surface area contributed by atoms with Gasteiger partial charge >= 0.3 is 0 Å². The van der Waals surface area contributed by atoms with E-state index in [1.807, 2.05) is 13.0 Å². The van der Waals surface area contributed by atoms with Crippen LogP contribution in [0.25, 0.3) is 0 Å².